The minimum absolute atomic E-state index is 0.0145. The Kier molecular flexibility index (Phi) is 6.31. The third kappa shape index (κ3) is 4.87. The topological polar surface area (TPSA) is 52.7 Å². The average molecular weight is 412 g/mol. The molecule has 154 valence electrons. The number of hydrogen-bond donors (Lipinski definition) is 1. The Hall–Kier alpha value is -2.18. The number of amides is 2. The lowest BCUT2D eigenvalue weighted by molar-refractivity contribution is -0.129. The molecule has 2 aliphatic rings. The number of benzene rings is 1. The minimum atomic E-state index is -0.227. The van der Waals surface area contributed by atoms with E-state index in [1.165, 1.54) is 16.0 Å². The van der Waals surface area contributed by atoms with E-state index in [4.69, 9.17) is 0 Å². The molecule has 0 saturated carbocycles. The zero-order valence-electron chi connectivity index (χ0n) is 17.0. The van der Waals surface area contributed by atoms with E-state index in [1.54, 1.807) is 0 Å². The van der Waals surface area contributed by atoms with Crippen molar-refractivity contribution in [2.24, 2.45) is 5.92 Å². The van der Waals surface area contributed by atoms with Gasteiger partial charge in [-0.3, -0.25) is 14.5 Å². The summed E-state index contributed by atoms with van der Waals surface area (Å²) in [6.07, 6.45) is 2.26. The van der Waals surface area contributed by atoms with Crippen LogP contribution in [-0.2, 0) is 29.0 Å². The van der Waals surface area contributed by atoms with Crippen molar-refractivity contribution in [3.63, 3.8) is 0 Å². The lowest BCUT2D eigenvalue weighted by atomic mass is 10.1. The molecule has 0 spiro atoms. The lowest BCUT2D eigenvalue weighted by Gasteiger charge is -2.32. The van der Waals surface area contributed by atoms with Crippen molar-refractivity contribution >= 4 is 23.2 Å². The third-order valence-corrected chi connectivity index (χ3v) is 7.15. The number of carbonyl (C=O) groups excluding carboxylic acids is 2. The first-order valence-electron chi connectivity index (χ1n) is 10.5. The maximum atomic E-state index is 12.6. The number of fused-ring (bicyclic) bond motifs is 1. The molecule has 5 nitrogen and oxygen atoms in total. The van der Waals surface area contributed by atoms with Gasteiger partial charge in [-0.2, -0.15) is 0 Å². The van der Waals surface area contributed by atoms with E-state index in [2.05, 4.69) is 40.7 Å². The number of nitrogens with zero attached hydrogens (tertiary/aromatic N) is 2. The summed E-state index contributed by atoms with van der Waals surface area (Å²) in [5.74, 6) is -0.119. The zero-order chi connectivity index (χ0) is 20.2. The van der Waals surface area contributed by atoms with Crippen LogP contribution in [0.5, 0.6) is 0 Å². The Morgan fingerprint density at radius 2 is 2.10 bits per heavy atom. The van der Waals surface area contributed by atoms with Gasteiger partial charge < -0.3 is 10.2 Å². The summed E-state index contributed by atoms with van der Waals surface area (Å²) in [4.78, 5) is 30.7. The molecule has 6 heteroatoms. The van der Waals surface area contributed by atoms with Gasteiger partial charge in [-0.05, 0) is 42.3 Å². The molecule has 2 unspecified atom stereocenters. The minimum Gasteiger partial charge on any atom is -0.354 e. The Morgan fingerprint density at radius 3 is 2.93 bits per heavy atom. The van der Waals surface area contributed by atoms with Gasteiger partial charge in [-0.25, -0.2) is 0 Å². The fourth-order valence-electron chi connectivity index (χ4n) is 4.24. The van der Waals surface area contributed by atoms with E-state index in [0.717, 1.165) is 25.9 Å². The number of thiophene rings is 1. The van der Waals surface area contributed by atoms with Crippen molar-refractivity contribution in [2.45, 2.75) is 38.8 Å². The molecule has 2 aromatic rings. The Labute approximate surface area is 176 Å². The van der Waals surface area contributed by atoms with Gasteiger partial charge in [0.05, 0.1) is 5.92 Å². The molecule has 0 radical (unpaired) electrons. The van der Waals surface area contributed by atoms with Crippen molar-refractivity contribution < 1.29 is 9.59 Å². The predicted molar refractivity (Wildman–Crippen MR) is 116 cm³/mol. The summed E-state index contributed by atoms with van der Waals surface area (Å²) in [5, 5.41) is 5.27. The van der Waals surface area contributed by atoms with Gasteiger partial charge in [0.15, 0.2) is 0 Å². The molecule has 1 fully saturated rings. The highest BCUT2D eigenvalue weighted by molar-refractivity contribution is 7.10. The second kappa shape index (κ2) is 9.09. The van der Waals surface area contributed by atoms with E-state index in [9.17, 15) is 9.59 Å². The summed E-state index contributed by atoms with van der Waals surface area (Å²) >= 11 is 1.84. The van der Waals surface area contributed by atoms with Gasteiger partial charge in [0.25, 0.3) is 0 Å². The van der Waals surface area contributed by atoms with Crippen LogP contribution >= 0.6 is 11.3 Å². The molecular formula is C23H29N3O2S. The van der Waals surface area contributed by atoms with Gasteiger partial charge >= 0.3 is 0 Å². The molecular weight excluding hydrogens is 382 g/mol. The molecule has 3 heterocycles. The Bertz CT molecular complexity index is 851. The molecule has 1 aromatic carbocycles. The molecule has 4 rings (SSSR count). The molecule has 2 amide bonds. The van der Waals surface area contributed by atoms with Gasteiger partial charge in [0, 0.05) is 50.1 Å². The fraction of sp³-hybridized carbons (Fsp3) is 0.478. The smallest absolute Gasteiger partial charge is 0.225 e. The van der Waals surface area contributed by atoms with Crippen LogP contribution in [0.2, 0.25) is 0 Å². The monoisotopic (exact) mass is 411 g/mol. The molecule has 29 heavy (non-hydrogen) atoms. The first kappa shape index (κ1) is 20.1. The molecule has 2 atom stereocenters. The first-order chi connectivity index (χ1) is 14.1. The van der Waals surface area contributed by atoms with Crippen LogP contribution in [0.4, 0.5) is 0 Å². The molecule has 1 saturated heterocycles. The van der Waals surface area contributed by atoms with E-state index < -0.39 is 0 Å². The highest BCUT2D eigenvalue weighted by atomic mass is 32.1. The summed E-state index contributed by atoms with van der Waals surface area (Å²) in [6.45, 7) is 6.02. The lowest BCUT2D eigenvalue weighted by Crippen LogP contribution is -2.45. The molecule has 1 aromatic heterocycles. The average Bonchev–Trinajstić information content (AvgIpc) is 3.36. The van der Waals surface area contributed by atoms with Crippen LogP contribution in [0.1, 0.15) is 29.3 Å². The summed E-state index contributed by atoms with van der Waals surface area (Å²) in [7, 11) is 0. The van der Waals surface area contributed by atoms with Crippen molar-refractivity contribution in [1.29, 1.82) is 0 Å². The predicted octanol–water partition coefficient (Wildman–Crippen LogP) is 2.70. The van der Waals surface area contributed by atoms with E-state index in [1.807, 2.05) is 34.4 Å². The number of likely N-dealkylation sites (tertiary alicyclic amines) is 1. The largest absolute Gasteiger partial charge is 0.354 e. The highest BCUT2D eigenvalue weighted by Gasteiger charge is 2.34. The van der Waals surface area contributed by atoms with Crippen LogP contribution in [0, 0.1) is 5.92 Å². The van der Waals surface area contributed by atoms with E-state index in [0.29, 0.717) is 32.1 Å². The molecule has 0 bridgehead atoms. The summed E-state index contributed by atoms with van der Waals surface area (Å²) in [6, 6.07) is 12.7. The number of nitrogens with one attached hydrogen (secondary N) is 1. The molecule has 2 aliphatic heterocycles. The van der Waals surface area contributed by atoms with Crippen molar-refractivity contribution in [3.05, 3.63) is 57.8 Å². The number of rotatable bonds is 7. The summed E-state index contributed by atoms with van der Waals surface area (Å²) in [5.41, 5.74) is 2.65. The van der Waals surface area contributed by atoms with E-state index in [-0.39, 0.29) is 17.7 Å². The maximum Gasteiger partial charge on any atom is 0.225 e. The number of hydrogen-bond acceptors (Lipinski definition) is 4. The first-order valence-corrected chi connectivity index (χ1v) is 11.4. The highest BCUT2D eigenvalue weighted by Crippen LogP contribution is 2.25. The Balaban J connectivity index is 1.22. The van der Waals surface area contributed by atoms with Crippen molar-refractivity contribution in [3.8, 4) is 0 Å². The normalized spacial score (nSPS) is 20.5. The van der Waals surface area contributed by atoms with Crippen molar-refractivity contribution in [1.82, 2.24) is 15.1 Å². The van der Waals surface area contributed by atoms with Gasteiger partial charge in [0.1, 0.15) is 0 Å². The van der Waals surface area contributed by atoms with Crippen LogP contribution < -0.4 is 5.32 Å². The number of carbonyl (C=O) groups is 2. The van der Waals surface area contributed by atoms with Crippen molar-refractivity contribution in [2.75, 3.05) is 26.2 Å². The van der Waals surface area contributed by atoms with Gasteiger partial charge in [-0.1, -0.05) is 30.3 Å². The third-order valence-electron chi connectivity index (χ3n) is 6.13. The maximum absolute atomic E-state index is 12.6. The van der Waals surface area contributed by atoms with Crippen LogP contribution in [0.3, 0.4) is 0 Å². The quantitative estimate of drug-likeness (QED) is 0.762. The zero-order valence-corrected chi connectivity index (χ0v) is 17.8. The molecule has 1 N–H and O–H groups in total. The van der Waals surface area contributed by atoms with Gasteiger partial charge in [0.2, 0.25) is 11.8 Å². The second-order valence-corrected chi connectivity index (χ2v) is 9.16. The van der Waals surface area contributed by atoms with Crippen LogP contribution in [-0.4, -0.2) is 53.8 Å². The Morgan fingerprint density at radius 1 is 1.28 bits per heavy atom. The van der Waals surface area contributed by atoms with Crippen LogP contribution in [0.15, 0.2) is 41.8 Å². The fourth-order valence-corrected chi connectivity index (χ4v) is 5.13. The second-order valence-electron chi connectivity index (χ2n) is 8.16. The molecule has 0 aliphatic carbocycles. The summed E-state index contributed by atoms with van der Waals surface area (Å²) < 4.78 is 0. The standard InChI is InChI=1S/C23H29N3O2S/c1-17(25-11-8-21-19(15-25)9-12-29-21)14-24-23(28)20-13-22(27)26(16-20)10-7-18-5-3-2-4-6-18/h2-6,9,12,17,20H,7-8,10-11,13-16H2,1H3,(H,24,28). The van der Waals surface area contributed by atoms with Crippen LogP contribution in [0.25, 0.3) is 0 Å². The SMILES string of the molecule is CC(CNC(=O)C1CC(=O)N(CCc2ccccc2)C1)N1CCc2sccc2C1. The van der Waals surface area contributed by atoms with Gasteiger partial charge in [-0.15, -0.1) is 11.3 Å². The van der Waals surface area contributed by atoms with E-state index >= 15 is 0 Å².